The normalized spacial score (nSPS) is 16.0. The van der Waals surface area contributed by atoms with Crippen molar-refractivity contribution in [1.82, 2.24) is 15.2 Å². The van der Waals surface area contributed by atoms with Crippen LogP contribution in [0.4, 0.5) is 0 Å². The summed E-state index contributed by atoms with van der Waals surface area (Å²) in [7, 11) is 0. The molecule has 0 saturated carbocycles. The molecule has 0 bridgehead atoms. The second kappa shape index (κ2) is 8.13. The Hall–Kier alpha value is -2.38. The van der Waals surface area contributed by atoms with Gasteiger partial charge in [0, 0.05) is 43.2 Å². The van der Waals surface area contributed by atoms with Crippen LogP contribution in [0.5, 0.6) is 0 Å². The number of morpholine rings is 1. The number of ether oxygens (including phenoxy) is 1. The van der Waals surface area contributed by atoms with Gasteiger partial charge in [0.15, 0.2) is 0 Å². The van der Waals surface area contributed by atoms with E-state index in [4.69, 9.17) is 10.5 Å². The van der Waals surface area contributed by atoms with Crippen molar-refractivity contribution in [3.63, 3.8) is 0 Å². The van der Waals surface area contributed by atoms with Crippen LogP contribution in [0, 0.1) is 0 Å². The molecular formula is C18H24N4O3. The van der Waals surface area contributed by atoms with Crippen molar-refractivity contribution in [1.29, 1.82) is 0 Å². The van der Waals surface area contributed by atoms with Gasteiger partial charge in [0.25, 0.3) is 0 Å². The van der Waals surface area contributed by atoms with Gasteiger partial charge in [-0.25, -0.2) is 0 Å². The molecular weight excluding hydrogens is 320 g/mol. The topological polar surface area (TPSA) is 100 Å². The number of carbonyl (C=O) groups is 2. The zero-order valence-corrected chi connectivity index (χ0v) is 14.2. The Balaban J connectivity index is 1.45. The molecule has 7 heteroatoms. The molecule has 1 aliphatic heterocycles. The van der Waals surface area contributed by atoms with Crippen molar-refractivity contribution in [2.24, 2.45) is 5.73 Å². The van der Waals surface area contributed by atoms with Crippen LogP contribution in [-0.2, 0) is 20.7 Å². The van der Waals surface area contributed by atoms with E-state index in [2.05, 4.69) is 10.3 Å². The maximum atomic E-state index is 12.2. The van der Waals surface area contributed by atoms with Gasteiger partial charge < -0.3 is 25.7 Å². The Kier molecular flexibility index (Phi) is 5.67. The summed E-state index contributed by atoms with van der Waals surface area (Å²) in [5.74, 6) is -0.200. The van der Waals surface area contributed by atoms with Crippen LogP contribution in [0.25, 0.3) is 10.9 Å². The maximum absolute atomic E-state index is 12.2. The highest BCUT2D eigenvalue weighted by atomic mass is 16.5. The molecule has 3 rings (SSSR count). The first-order valence-corrected chi connectivity index (χ1v) is 8.59. The van der Waals surface area contributed by atoms with E-state index in [-0.39, 0.29) is 18.2 Å². The van der Waals surface area contributed by atoms with E-state index in [1.54, 1.807) is 4.90 Å². The van der Waals surface area contributed by atoms with E-state index in [1.807, 2.05) is 30.5 Å². The minimum Gasteiger partial charge on any atom is -0.378 e. The summed E-state index contributed by atoms with van der Waals surface area (Å²) in [5, 5.41) is 3.84. The number of hydrogen-bond donors (Lipinski definition) is 3. The monoisotopic (exact) mass is 344 g/mol. The van der Waals surface area contributed by atoms with Crippen molar-refractivity contribution in [3.05, 3.63) is 36.0 Å². The molecule has 1 aliphatic rings. The molecule has 0 aliphatic carbocycles. The summed E-state index contributed by atoms with van der Waals surface area (Å²) >= 11 is 0. The average molecular weight is 344 g/mol. The Morgan fingerprint density at radius 3 is 2.84 bits per heavy atom. The lowest BCUT2D eigenvalue weighted by Crippen LogP contribution is -2.45. The van der Waals surface area contributed by atoms with Crippen LogP contribution in [0.3, 0.4) is 0 Å². The van der Waals surface area contributed by atoms with E-state index >= 15 is 0 Å². The van der Waals surface area contributed by atoms with Gasteiger partial charge in [-0.2, -0.15) is 0 Å². The number of rotatable bonds is 6. The lowest BCUT2D eigenvalue weighted by molar-refractivity contribution is -0.135. The second-order valence-electron chi connectivity index (χ2n) is 6.20. The molecule has 2 amide bonds. The predicted molar refractivity (Wildman–Crippen MR) is 95.0 cm³/mol. The first-order chi connectivity index (χ1) is 12.1. The van der Waals surface area contributed by atoms with Crippen LogP contribution >= 0.6 is 0 Å². The number of nitrogens with zero attached hydrogens (tertiary/aromatic N) is 1. The van der Waals surface area contributed by atoms with E-state index in [9.17, 15) is 9.59 Å². The highest BCUT2D eigenvalue weighted by molar-refractivity contribution is 5.86. The van der Waals surface area contributed by atoms with Crippen LogP contribution in [-0.4, -0.2) is 60.6 Å². The van der Waals surface area contributed by atoms with E-state index in [0.717, 1.165) is 16.5 Å². The van der Waals surface area contributed by atoms with E-state index in [1.165, 1.54) is 0 Å². The highest BCUT2D eigenvalue weighted by Gasteiger charge is 2.19. The van der Waals surface area contributed by atoms with Gasteiger partial charge in [0.1, 0.15) is 0 Å². The molecule has 1 aromatic carbocycles. The fourth-order valence-electron chi connectivity index (χ4n) is 3.02. The smallest absolute Gasteiger partial charge is 0.237 e. The molecule has 2 aromatic rings. The molecule has 2 heterocycles. The van der Waals surface area contributed by atoms with Crippen LogP contribution in [0.2, 0.25) is 0 Å². The molecule has 1 atom stereocenters. The Morgan fingerprint density at radius 2 is 2.04 bits per heavy atom. The molecule has 7 nitrogen and oxygen atoms in total. The zero-order valence-electron chi connectivity index (χ0n) is 14.2. The number of benzene rings is 1. The number of amides is 2. The fraction of sp³-hybridized carbons (Fsp3) is 0.444. The highest BCUT2D eigenvalue weighted by Crippen LogP contribution is 2.18. The summed E-state index contributed by atoms with van der Waals surface area (Å²) in [5.41, 5.74) is 8.07. The number of aromatic nitrogens is 1. The van der Waals surface area contributed by atoms with Crippen molar-refractivity contribution in [3.8, 4) is 0 Å². The van der Waals surface area contributed by atoms with Crippen LogP contribution in [0.1, 0.15) is 12.0 Å². The minimum atomic E-state index is -0.641. The van der Waals surface area contributed by atoms with Gasteiger partial charge in [-0.1, -0.05) is 18.2 Å². The minimum absolute atomic E-state index is 0.0359. The quantitative estimate of drug-likeness (QED) is 0.706. The third-order valence-electron chi connectivity index (χ3n) is 4.45. The summed E-state index contributed by atoms with van der Waals surface area (Å²) in [4.78, 5) is 29.2. The summed E-state index contributed by atoms with van der Waals surface area (Å²) in [6.45, 7) is 2.69. The first kappa shape index (κ1) is 17.4. The van der Waals surface area contributed by atoms with Gasteiger partial charge >= 0.3 is 0 Å². The number of H-pyrrole nitrogens is 1. The molecule has 134 valence electrons. The van der Waals surface area contributed by atoms with E-state index < -0.39 is 6.04 Å². The lowest BCUT2D eigenvalue weighted by atomic mass is 10.1. The molecule has 0 spiro atoms. The SMILES string of the molecule is N[C@@H](Cc1c[nH]c2ccccc12)C(=O)NCCC(=O)N1CCOCC1. The third kappa shape index (κ3) is 4.37. The summed E-state index contributed by atoms with van der Waals surface area (Å²) in [6.07, 6.45) is 2.62. The number of para-hydroxylation sites is 1. The summed E-state index contributed by atoms with van der Waals surface area (Å²) in [6, 6.07) is 7.27. The van der Waals surface area contributed by atoms with Gasteiger partial charge in [0.05, 0.1) is 19.3 Å². The Bertz CT molecular complexity index is 737. The molecule has 1 aromatic heterocycles. The van der Waals surface area contributed by atoms with Crippen molar-refractivity contribution in [2.45, 2.75) is 18.9 Å². The number of nitrogens with two attached hydrogens (primary N) is 1. The van der Waals surface area contributed by atoms with Crippen LogP contribution in [0.15, 0.2) is 30.5 Å². The maximum Gasteiger partial charge on any atom is 0.237 e. The standard InChI is InChI=1S/C18H24N4O3/c19-15(11-13-12-21-16-4-2-1-3-14(13)16)18(24)20-6-5-17(23)22-7-9-25-10-8-22/h1-4,12,15,21H,5-11,19H2,(H,20,24)/t15-/m0/s1. The molecule has 0 unspecified atom stereocenters. The Morgan fingerprint density at radius 1 is 1.28 bits per heavy atom. The van der Waals surface area contributed by atoms with E-state index in [0.29, 0.717) is 39.3 Å². The van der Waals surface area contributed by atoms with Crippen molar-refractivity contribution in [2.75, 3.05) is 32.8 Å². The van der Waals surface area contributed by atoms with Crippen LogP contribution < -0.4 is 11.1 Å². The molecule has 4 N–H and O–H groups in total. The Labute approximate surface area is 146 Å². The lowest BCUT2D eigenvalue weighted by Gasteiger charge is -2.26. The van der Waals surface area contributed by atoms with Gasteiger partial charge in [0.2, 0.25) is 11.8 Å². The molecule has 0 radical (unpaired) electrons. The summed E-state index contributed by atoms with van der Waals surface area (Å²) < 4.78 is 5.22. The first-order valence-electron chi connectivity index (χ1n) is 8.59. The van der Waals surface area contributed by atoms with Gasteiger partial charge in [-0.15, -0.1) is 0 Å². The fourth-order valence-corrected chi connectivity index (χ4v) is 3.02. The number of carbonyl (C=O) groups excluding carboxylic acids is 2. The molecule has 25 heavy (non-hydrogen) atoms. The largest absolute Gasteiger partial charge is 0.378 e. The van der Waals surface area contributed by atoms with Crippen molar-refractivity contribution < 1.29 is 14.3 Å². The van der Waals surface area contributed by atoms with Gasteiger partial charge in [-0.3, -0.25) is 9.59 Å². The number of aromatic amines is 1. The number of hydrogen-bond acceptors (Lipinski definition) is 4. The third-order valence-corrected chi connectivity index (χ3v) is 4.45. The zero-order chi connectivity index (χ0) is 17.6. The predicted octanol–water partition coefficient (Wildman–Crippen LogP) is 0.403. The second-order valence-corrected chi connectivity index (χ2v) is 6.20. The average Bonchev–Trinajstić information content (AvgIpc) is 3.05. The van der Waals surface area contributed by atoms with Crippen molar-refractivity contribution >= 4 is 22.7 Å². The molecule has 1 saturated heterocycles. The number of nitrogens with one attached hydrogen (secondary N) is 2. The van der Waals surface area contributed by atoms with Gasteiger partial charge in [-0.05, 0) is 18.1 Å². The number of fused-ring (bicyclic) bond motifs is 1. The molecule has 1 fully saturated rings.